The molecule has 1 unspecified atom stereocenters. The van der Waals surface area contributed by atoms with Crippen molar-refractivity contribution in [3.05, 3.63) is 12.3 Å². The maximum absolute atomic E-state index is 12.0. The number of fused-ring (bicyclic) bond motifs is 1. The normalized spacial score (nSPS) is 23.9. The van der Waals surface area contributed by atoms with Crippen molar-refractivity contribution in [1.82, 2.24) is 9.97 Å². The van der Waals surface area contributed by atoms with Gasteiger partial charge in [-0.3, -0.25) is 4.79 Å². The van der Waals surface area contributed by atoms with E-state index in [1.807, 2.05) is 13.0 Å². The summed E-state index contributed by atoms with van der Waals surface area (Å²) in [6.07, 6.45) is 5.54. The summed E-state index contributed by atoms with van der Waals surface area (Å²) in [5.74, 6) is 0.807. The van der Waals surface area contributed by atoms with E-state index in [2.05, 4.69) is 21.3 Å². The van der Waals surface area contributed by atoms with E-state index in [1.165, 1.54) is 0 Å². The lowest BCUT2D eigenvalue weighted by Crippen LogP contribution is -2.40. The van der Waals surface area contributed by atoms with Crippen LogP contribution in [-0.2, 0) is 4.79 Å². The largest absolute Gasteiger partial charge is 0.346 e. The Morgan fingerprint density at radius 3 is 3.12 bits per heavy atom. The Kier molecular flexibility index (Phi) is 3.65. The van der Waals surface area contributed by atoms with Crippen molar-refractivity contribution >= 4 is 38.4 Å². The number of carbonyl (C=O) groups excluding carboxylic acids is 1. The number of nitrogens with one attached hydrogen (secondary N) is 1. The standard InChI is InChI=1S/C17H19N5OS/c1-17(9-18)6-2-8-22(10-17)16-20-12-5-7-19-14(13(12)24-16)21-15(23)11-3-4-11/h5,7,11H,2-4,6,8,10H2,1H3,(H,19,21,23). The molecule has 1 atom stereocenters. The number of nitriles is 1. The molecular weight excluding hydrogens is 322 g/mol. The van der Waals surface area contributed by atoms with Gasteiger partial charge < -0.3 is 10.2 Å². The van der Waals surface area contributed by atoms with Gasteiger partial charge in [-0.1, -0.05) is 11.3 Å². The quantitative estimate of drug-likeness (QED) is 0.927. The smallest absolute Gasteiger partial charge is 0.228 e. The van der Waals surface area contributed by atoms with Crippen molar-refractivity contribution in [2.24, 2.45) is 11.3 Å². The van der Waals surface area contributed by atoms with Gasteiger partial charge in [-0.2, -0.15) is 5.26 Å². The Balaban J connectivity index is 1.63. The molecule has 1 N–H and O–H groups in total. The molecule has 3 heterocycles. The molecule has 1 aliphatic heterocycles. The number of thiazole rings is 1. The molecule has 1 amide bonds. The zero-order chi connectivity index (χ0) is 16.7. The Morgan fingerprint density at radius 1 is 1.54 bits per heavy atom. The van der Waals surface area contributed by atoms with E-state index in [-0.39, 0.29) is 17.2 Å². The van der Waals surface area contributed by atoms with Crippen molar-refractivity contribution < 1.29 is 4.79 Å². The van der Waals surface area contributed by atoms with E-state index in [0.717, 1.165) is 47.6 Å². The van der Waals surface area contributed by atoms with Crippen LogP contribution >= 0.6 is 11.3 Å². The van der Waals surface area contributed by atoms with Gasteiger partial charge in [-0.25, -0.2) is 9.97 Å². The fourth-order valence-electron chi connectivity index (χ4n) is 3.13. The van der Waals surface area contributed by atoms with Crippen LogP contribution in [0.15, 0.2) is 12.3 Å². The second-order valence-electron chi connectivity index (χ2n) is 6.97. The number of nitrogens with zero attached hydrogens (tertiary/aromatic N) is 4. The average Bonchev–Trinajstić information content (AvgIpc) is 3.34. The number of amides is 1. The van der Waals surface area contributed by atoms with Crippen LogP contribution < -0.4 is 10.2 Å². The van der Waals surface area contributed by atoms with Gasteiger partial charge in [0, 0.05) is 25.2 Å². The lowest BCUT2D eigenvalue weighted by atomic mass is 9.84. The third-order valence-corrected chi connectivity index (χ3v) is 5.86. The lowest BCUT2D eigenvalue weighted by molar-refractivity contribution is -0.117. The number of anilines is 2. The van der Waals surface area contributed by atoms with Gasteiger partial charge in [0.25, 0.3) is 0 Å². The Hall–Kier alpha value is -2.20. The van der Waals surface area contributed by atoms with Crippen molar-refractivity contribution in [1.29, 1.82) is 5.26 Å². The summed E-state index contributed by atoms with van der Waals surface area (Å²) >= 11 is 1.54. The summed E-state index contributed by atoms with van der Waals surface area (Å²) in [5.41, 5.74) is 0.525. The van der Waals surface area contributed by atoms with E-state index in [0.29, 0.717) is 12.4 Å². The van der Waals surface area contributed by atoms with Crippen LogP contribution in [0.1, 0.15) is 32.6 Å². The Morgan fingerprint density at radius 2 is 2.38 bits per heavy atom. The predicted molar refractivity (Wildman–Crippen MR) is 93.9 cm³/mol. The molecule has 124 valence electrons. The van der Waals surface area contributed by atoms with Crippen LogP contribution in [-0.4, -0.2) is 29.0 Å². The van der Waals surface area contributed by atoms with E-state index in [9.17, 15) is 10.1 Å². The zero-order valence-electron chi connectivity index (χ0n) is 13.6. The van der Waals surface area contributed by atoms with E-state index in [1.54, 1.807) is 17.5 Å². The lowest BCUT2D eigenvalue weighted by Gasteiger charge is -2.35. The van der Waals surface area contributed by atoms with E-state index >= 15 is 0 Å². The number of pyridine rings is 1. The highest BCUT2D eigenvalue weighted by Gasteiger charge is 2.33. The molecular formula is C17H19N5OS. The SMILES string of the molecule is CC1(C#N)CCCN(c2nc3ccnc(NC(=O)C4CC4)c3s2)C1. The highest BCUT2D eigenvalue weighted by molar-refractivity contribution is 7.22. The first-order chi connectivity index (χ1) is 11.6. The summed E-state index contributed by atoms with van der Waals surface area (Å²) < 4.78 is 0.908. The van der Waals surface area contributed by atoms with E-state index < -0.39 is 0 Å². The van der Waals surface area contributed by atoms with Gasteiger partial charge in [0.1, 0.15) is 0 Å². The van der Waals surface area contributed by atoms with Crippen molar-refractivity contribution in [3.8, 4) is 6.07 Å². The summed E-state index contributed by atoms with van der Waals surface area (Å²) in [5, 5.41) is 13.2. The van der Waals surface area contributed by atoms with Gasteiger partial charge in [0.05, 0.1) is 21.7 Å². The minimum Gasteiger partial charge on any atom is -0.346 e. The molecule has 2 aromatic heterocycles. The molecule has 1 saturated carbocycles. The van der Waals surface area contributed by atoms with Crippen LogP contribution in [0.2, 0.25) is 0 Å². The first-order valence-electron chi connectivity index (χ1n) is 8.31. The summed E-state index contributed by atoms with van der Waals surface area (Å²) in [4.78, 5) is 23.3. The van der Waals surface area contributed by atoms with Gasteiger partial charge >= 0.3 is 0 Å². The molecule has 0 aromatic carbocycles. The highest BCUT2D eigenvalue weighted by Crippen LogP contribution is 2.38. The number of hydrogen-bond acceptors (Lipinski definition) is 6. The van der Waals surface area contributed by atoms with Crippen LogP contribution in [0.25, 0.3) is 10.2 Å². The molecule has 24 heavy (non-hydrogen) atoms. The van der Waals surface area contributed by atoms with Crippen molar-refractivity contribution in [3.63, 3.8) is 0 Å². The molecule has 4 rings (SSSR count). The number of carbonyl (C=O) groups is 1. The molecule has 0 radical (unpaired) electrons. The fraction of sp³-hybridized carbons (Fsp3) is 0.529. The predicted octanol–water partition coefficient (Wildman–Crippen LogP) is 3.17. The number of piperidine rings is 1. The molecule has 1 saturated heterocycles. The molecule has 2 aromatic rings. The minimum absolute atomic E-state index is 0.0555. The third kappa shape index (κ3) is 2.82. The molecule has 7 heteroatoms. The topological polar surface area (TPSA) is 81.9 Å². The van der Waals surface area contributed by atoms with Gasteiger partial charge in [0.2, 0.25) is 5.91 Å². The van der Waals surface area contributed by atoms with Crippen LogP contribution in [0, 0.1) is 22.7 Å². The maximum atomic E-state index is 12.0. The van der Waals surface area contributed by atoms with Crippen molar-refractivity contribution in [2.75, 3.05) is 23.3 Å². The second-order valence-corrected chi connectivity index (χ2v) is 7.94. The number of rotatable bonds is 3. The highest BCUT2D eigenvalue weighted by atomic mass is 32.1. The van der Waals surface area contributed by atoms with Crippen LogP contribution in [0.3, 0.4) is 0 Å². The van der Waals surface area contributed by atoms with Crippen LogP contribution in [0.4, 0.5) is 10.9 Å². The van der Waals surface area contributed by atoms with Gasteiger partial charge in [0.15, 0.2) is 10.9 Å². The first kappa shape index (κ1) is 15.3. The number of hydrogen-bond donors (Lipinski definition) is 1. The summed E-state index contributed by atoms with van der Waals surface area (Å²) in [6, 6.07) is 4.31. The second kappa shape index (κ2) is 5.71. The monoisotopic (exact) mass is 341 g/mol. The first-order valence-corrected chi connectivity index (χ1v) is 9.12. The van der Waals surface area contributed by atoms with Crippen molar-refractivity contribution in [2.45, 2.75) is 32.6 Å². The fourth-order valence-corrected chi connectivity index (χ4v) is 4.16. The molecule has 1 aliphatic carbocycles. The maximum Gasteiger partial charge on any atom is 0.228 e. The zero-order valence-corrected chi connectivity index (χ0v) is 14.4. The molecule has 0 bridgehead atoms. The molecule has 2 aliphatic rings. The summed E-state index contributed by atoms with van der Waals surface area (Å²) in [6.45, 7) is 3.62. The Labute approximate surface area is 144 Å². The minimum atomic E-state index is -0.322. The van der Waals surface area contributed by atoms with Crippen LogP contribution in [0.5, 0.6) is 0 Å². The van der Waals surface area contributed by atoms with Gasteiger partial charge in [-0.05, 0) is 38.7 Å². The van der Waals surface area contributed by atoms with E-state index in [4.69, 9.17) is 4.98 Å². The molecule has 0 spiro atoms. The van der Waals surface area contributed by atoms with Gasteiger partial charge in [-0.15, -0.1) is 0 Å². The Bertz CT molecular complexity index is 837. The average molecular weight is 341 g/mol. The molecule has 2 fully saturated rings. The number of aromatic nitrogens is 2. The third-order valence-electron chi connectivity index (χ3n) is 4.72. The molecule has 6 nitrogen and oxygen atoms in total. The summed E-state index contributed by atoms with van der Waals surface area (Å²) in [7, 11) is 0.